The first kappa shape index (κ1) is 15.8. The van der Waals surface area contributed by atoms with Gasteiger partial charge in [-0.25, -0.2) is 0 Å². The fourth-order valence-corrected chi connectivity index (χ4v) is 3.11. The van der Waals surface area contributed by atoms with E-state index < -0.39 is 24.3 Å². The van der Waals surface area contributed by atoms with Gasteiger partial charge in [0.1, 0.15) is 0 Å². The topological polar surface area (TPSA) is 52.6 Å². The van der Waals surface area contributed by atoms with Gasteiger partial charge in [0, 0.05) is 6.42 Å². The molecule has 0 saturated heterocycles. The minimum absolute atomic E-state index is 0.142. The van der Waals surface area contributed by atoms with Crippen LogP contribution in [0.5, 0.6) is 0 Å². The summed E-state index contributed by atoms with van der Waals surface area (Å²) in [5, 5.41) is 0. The van der Waals surface area contributed by atoms with Crippen LogP contribution in [0.4, 0.5) is 0 Å². The highest BCUT2D eigenvalue weighted by atomic mass is 31.2. The monoisotopic (exact) mass is 250 g/mol. The van der Waals surface area contributed by atoms with Gasteiger partial charge in [0.2, 0.25) is 5.52 Å². The Labute approximate surface area is 98.2 Å². The van der Waals surface area contributed by atoms with Crippen molar-refractivity contribution in [1.82, 2.24) is 0 Å². The van der Waals surface area contributed by atoms with E-state index in [9.17, 15) is 9.36 Å². The van der Waals surface area contributed by atoms with Crippen LogP contribution in [0.15, 0.2) is 0 Å². The third-order valence-corrected chi connectivity index (χ3v) is 3.90. The third kappa shape index (κ3) is 5.78. The minimum atomic E-state index is -3.69. The lowest BCUT2D eigenvalue weighted by Gasteiger charge is -2.30. The first-order valence-electron chi connectivity index (χ1n) is 5.44. The first-order chi connectivity index (χ1) is 6.90. The van der Waals surface area contributed by atoms with Crippen LogP contribution < -0.4 is 0 Å². The van der Waals surface area contributed by atoms with Gasteiger partial charge in [0.05, 0.1) is 11.2 Å². The molecule has 0 aromatic heterocycles. The van der Waals surface area contributed by atoms with Crippen LogP contribution in [0.2, 0.25) is 0 Å². The van der Waals surface area contributed by atoms with Crippen molar-refractivity contribution in [3.63, 3.8) is 0 Å². The van der Waals surface area contributed by atoms with Crippen LogP contribution in [-0.4, -0.2) is 16.7 Å². The fourth-order valence-electron chi connectivity index (χ4n) is 1.04. The van der Waals surface area contributed by atoms with E-state index in [0.29, 0.717) is 0 Å². The number of carbonyl (C=O) groups is 1. The maximum Gasteiger partial charge on any atom is 0.397 e. The molecule has 16 heavy (non-hydrogen) atoms. The van der Waals surface area contributed by atoms with E-state index >= 15 is 0 Å². The van der Waals surface area contributed by atoms with Gasteiger partial charge in [-0.2, -0.15) is 0 Å². The molecule has 5 heteroatoms. The van der Waals surface area contributed by atoms with Gasteiger partial charge < -0.3 is 0 Å². The molecule has 0 aliphatic heterocycles. The van der Waals surface area contributed by atoms with Crippen LogP contribution in [0.3, 0.4) is 0 Å². The van der Waals surface area contributed by atoms with Crippen molar-refractivity contribution in [2.75, 3.05) is 0 Å². The highest BCUT2D eigenvalue weighted by Gasteiger charge is 2.40. The lowest BCUT2D eigenvalue weighted by molar-refractivity contribution is -0.115. The highest BCUT2D eigenvalue weighted by Crippen LogP contribution is 2.55. The van der Waals surface area contributed by atoms with Gasteiger partial charge >= 0.3 is 7.60 Å². The molecule has 0 aromatic carbocycles. The average Bonchev–Trinajstić information content (AvgIpc) is 1.95. The van der Waals surface area contributed by atoms with Crippen molar-refractivity contribution in [1.29, 1.82) is 0 Å². The van der Waals surface area contributed by atoms with Crippen LogP contribution in [0, 0.1) is 0 Å². The summed E-state index contributed by atoms with van der Waals surface area (Å²) in [5.74, 6) is 0. The van der Waals surface area contributed by atoms with E-state index in [1.165, 1.54) is 0 Å². The Morgan fingerprint density at radius 3 is 1.50 bits per heavy atom. The van der Waals surface area contributed by atoms with E-state index in [2.05, 4.69) is 0 Å². The van der Waals surface area contributed by atoms with Crippen molar-refractivity contribution >= 4 is 13.1 Å². The third-order valence-electron chi connectivity index (χ3n) is 1.40. The van der Waals surface area contributed by atoms with Crippen molar-refractivity contribution in [2.45, 2.75) is 66.1 Å². The predicted octanol–water partition coefficient (Wildman–Crippen LogP) is 3.75. The normalized spacial score (nSPS) is 13.9. The van der Waals surface area contributed by atoms with Gasteiger partial charge in [0.15, 0.2) is 0 Å². The molecule has 0 atom stereocenters. The maximum absolute atomic E-state index is 12.4. The number of carbonyl (C=O) groups excluding carboxylic acids is 1. The molecule has 0 aliphatic carbocycles. The zero-order valence-corrected chi connectivity index (χ0v) is 12.2. The second-order valence-electron chi connectivity index (χ2n) is 5.65. The molecule has 0 spiro atoms. The number of rotatable bonds is 4. The van der Waals surface area contributed by atoms with E-state index in [1.54, 1.807) is 48.5 Å². The fraction of sp³-hybridized carbons (Fsp3) is 0.909. The van der Waals surface area contributed by atoms with Crippen LogP contribution in [-0.2, 0) is 18.4 Å². The molecular formula is C11H23O4P. The van der Waals surface area contributed by atoms with Gasteiger partial charge in [-0.1, -0.05) is 6.92 Å². The second kappa shape index (κ2) is 4.99. The molecule has 0 aromatic rings. The molecule has 0 bridgehead atoms. The molecule has 0 N–H and O–H groups in total. The summed E-state index contributed by atoms with van der Waals surface area (Å²) in [6, 6.07) is 0. The van der Waals surface area contributed by atoms with Gasteiger partial charge in [-0.05, 0) is 41.5 Å². The summed E-state index contributed by atoms with van der Waals surface area (Å²) in [6.07, 6.45) is 0.142. The summed E-state index contributed by atoms with van der Waals surface area (Å²) in [5.41, 5.74) is -1.82. The van der Waals surface area contributed by atoms with Crippen molar-refractivity contribution in [3.05, 3.63) is 0 Å². The molecule has 0 rings (SSSR count). The summed E-state index contributed by atoms with van der Waals surface area (Å²) in [6.45, 7) is 12.1. The Bertz CT molecular complexity index is 276. The van der Waals surface area contributed by atoms with Crippen LogP contribution >= 0.6 is 7.60 Å². The molecule has 0 radical (unpaired) electrons. The Morgan fingerprint density at radius 2 is 1.31 bits per heavy atom. The largest absolute Gasteiger partial charge is 0.397 e. The Morgan fingerprint density at radius 1 is 1.00 bits per heavy atom. The molecule has 0 amide bonds. The zero-order valence-electron chi connectivity index (χ0n) is 11.3. The Balaban J connectivity index is 5.07. The standard InChI is InChI=1S/C11H23O4P/c1-8-9(12)16(13,14-10(2,3)4)15-11(5,6)7/h8H2,1-7H3. The molecule has 4 nitrogen and oxygen atoms in total. The van der Waals surface area contributed by atoms with E-state index in [0.717, 1.165) is 0 Å². The molecule has 96 valence electrons. The van der Waals surface area contributed by atoms with Crippen LogP contribution in [0.1, 0.15) is 54.9 Å². The van der Waals surface area contributed by atoms with E-state index in [-0.39, 0.29) is 6.42 Å². The molecule has 0 unspecified atom stereocenters. The van der Waals surface area contributed by atoms with Crippen molar-refractivity contribution in [3.8, 4) is 0 Å². The smallest absolute Gasteiger partial charge is 0.297 e. The van der Waals surface area contributed by atoms with Crippen molar-refractivity contribution in [2.24, 2.45) is 0 Å². The molecular weight excluding hydrogens is 227 g/mol. The van der Waals surface area contributed by atoms with Gasteiger partial charge in [-0.3, -0.25) is 18.4 Å². The maximum atomic E-state index is 12.4. The summed E-state index contributed by atoms with van der Waals surface area (Å²) in [7, 11) is -3.69. The van der Waals surface area contributed by atoms with Crippen molar-refractivity contribution < 1.29 is 18.4 Å². The number of hydrogen-bond acceptors (Lipinski definition) is 4. The highest BCUT2D eigenvalue weighted by molar-refractivity contribution is 7.71. The lowest BCUT2D eigenvalue weighted by atomic mass is 10.2. The number of hydrogen-bond donors (Lipinski definition) is 0. The average molecular weight is 250 g/mol. The van der Waals surface area contributed by atoms with Gasteiger partial charge in [-0.15, -0.1) is 0 Å². The molecule has 0 fully saturated rings. The van der Waals surface area contributed by atoms with Crippen LogP contribution in [0.25, 0.3) is 0 Å². The minimum Gasteiger partial charge on any atom is -0.297 e. The Hall–Kier alpha value is -0.180. The predicted molar refractivity (Wildman–Crippen MR) is 64.6 cm³/mol. The molecule has 0 heterocycles. The quantitative estimate of drug-likeness (QED) is 0.713. The lowest BCUT2D eigenvalue weighted by Crippen LogP contribution is -2.26. The molecule has 0 aliphatic rings. The van der Waals surface area contributed by atoms with Gasteiger partial charge in [0.25, 0.3) is 0 Å². The summed E-state index contributed by atoms with van der Waals surface area (Å²) >= 11 is 0. The van der Waals surface area contributed by atoms with E-state index in [4.69, 9.17) is 9.05 Å². The summed E-state index contributed by atoms with van der Waals surface area (Å²) < 4.78 is 23.1. The second-order valence-corrected chi connectivity index (χ2v) is 7.51. The zero-order chi connectivity index (χ0) is 13.2. The first-order valence-corrected chi connectivity index (χ1v) is 6.99. The van der Waals surface area contributed by atoms with E-state index in [1.807, 2.05) is 0 Å². The summed E-state index contributed by atoms with van der Waals surface area (Å²) in [4.78, 5) is 11.7. The Kier molecular flexibility index (Phi) is 4.93. The SMILES string of the molecule is CCC(=O)P(=O)(OC(C)(C)C)OC(C)(C)C. The molecule has 0 saturated carbocycles.